The van der Waals surface area contributed by atoms with Crippen molar-refractivity contribution < 1.29 is 4.74 Å². The van der Waals surface area contributed by atoms with Gasteiger partial charge in [0.05, 0.1) is 5.69 Å². The summed E-state index contributed by atoms with van der Waals surface area (Å²) in [5.41, 5.74) is 1.54. The molecule has 0 aliphatic heterocycles. The molecule has 0 atom stereocenters. The number of hydrogen-bond donors (Lipinski definition) is 0. The van der Waals surface area contributed by atoms with Gasteiger partial charge in [-0.05, 0) is 53.2 Å². The van der Waals surface area contributed by atoms with Crippen molar-refractivity contribution in [2.45, 2.75) is 13.5 Å². The van der Waals surface area contributed by atoms with E-state index in [2.05, 4.69) is 22.5 Å². The van der Waals surface area contributed by atoms with E-state index in [1.807, 2.05) is 31.2 Å². The Hall–Kier alpha value is -1.52. The predicted octanol–water partition coefficient (Wildman–Crippen LogP) is 4.52. The van der Waals surface area contributed by atoms with Gasteiger partial charge in [0, 0.05) is 16.6 Å². The van der Waals surface area contributed by atoms with Gasteiger partial charge in [0.2, 0.25) is 0 Å². The van der Waals surface area contributed by atoms with Gasteiger partial charge in [-0.25, -0.2) is 0 Å². The molecule has 2 aromatic rings. The number of ether oxygens (including phenoxy) is 1. The molecule has 0 radical (unpaired) electrons. The standard InChI is InChI=1S/C16H15BrClNO2/c1-3-9-21-11-5-6-12(13(17)10-11)15-8-7-14(18)16(20)19(15)4-2/h3,5-8,10H,1,4,9H2,2H3. The second kappa shape index (κ2) is 6.96. The van der Waals surface area contributed by atoms with Crippen LogP contribution in [0.2, 0.25) is 5.02 Å². The molecule has 0 saturated carbocycles. The maximum atomic E-state index is 12.1. The Balaban J connectivity index is 2.50. The molecular formula is C16H15BrClNO2. The third kappa shape index (κ3) is 3.39. The number of benzene rings is 1. The van der Waals surface area contributed by atoms with E-state index in [0.717, 1.165) is 21.5 Å². The van der Waals surface area contributed by atoms with Gasteiger partial charge in [-0.15, -0.1) is 0 Å². The highest BCUT2D eigenvalue weighted by Gasteiger charge is 2.11. The fourth-order valence-corrected chi connectivity index (χ4v) is 2.78. The maximum absolute atomic E-state index is 12.1. The van der Waals surface area contributed by atoms with Crippen molar-refractivity contribution in [2.24, 2.45) is 0 Å². The van der Waals surface area contributed by atoms with Crippen LogP contribution in [-0.4, -0.2) is 11.2 Å². The zero-order valence-corrected chi connectivity index (χ0v) is 13.9. The summed E-state index contributed by atoms with van der Waals surface area (Å²) in [6, 6.07) is 9.12. The van der Waals surface area contributed by atoms with Crippen LogP contribution in [0.4, 0.5) is 0 Å². The first kappa shape index (κ1) is 15.9. The Morgan fingerprint density at radius 1 is 1.38 bits per heavy atom. The van der Waals surface area contributed by atoms with E-state index in [1.165, 1.54) is 0 Å². The topological polar surface area (TPSA) is 31.2 Å². The molecule has 0 aliphatic rings. The number of pyridine rings is 1. The molecule has 0 amide bonds. The molecule has 0 saturated heterocycles. The smallest absolute Gasteiger partial charge is 0.269 e. The molecule has 0 aliphatic carbocycles. The van der Waals surface area contributed by atoms with Crippen molar-refractivity contribution >= 4 is 27.5 Å². The highest BCUT2D eigenvalue weighted by Crippen LogP contribution is 2.31. The minimum absolute atomic E-state index is 0.185. The second-order valence-electron chi connectivity index (χ2n) is 4.36. The first-order chi connectivity index (χ1) is 10.1. The molecular weight excluding hydrogens is 354 g/mol. The summed E-state index contributed by atoms with van der Waals surface area (Å²) in [5, 5.41) is 0.225. The summed E-state index contributed by atoms with van der Waals surface area (Å²) in [6.45, 7) is 6.53. The van der Waals surface area contributed by atoms with E-state index in [0.29, 0.717) is 13.2 Å². The Kier molecular flexibility index (Phi) is 5.26. The summed E-state index contributed by atoms with van der Waals surface area (Å²) >= 11 is 9.43. The summed E-state index contributed by atoms with van der Waals surface area (Å²) in [4.78, 5) is 12.1. The number of aromatic nitrogens is 1. The third-order valence-corrected chi connectivity index (χ3v) is 3.97. The number of hydrogen-bond acceptors (Lipinski definition) is 2. The van der Waals surface area contributed by atoms with Gasteiger partial charge in [0.15, 0.2) is 0 Å². The van der Waals surface area contributed by atoms with E-state index in [-0.39, 0.29) is 10.6 Å². The lowest BCUT2D eigenvalue weighted by Crippen LogP contribution is -2.21. The van der Waals surface area contributed by atoms with Crippen LogP contribution in [-0.2, 0) is 6.54 Å². The quantitative estimate of drug-likeness (QED) is 0.727. The molecule has 5 heteroatoms. The Morgan fingerprint density at radius 3 is 2.76 bits per heavy atom. The minimum atomic E-state index is -0.185. The number of halogens is 2. The lowest BCUT2D eigenvalue weighted by atomic mass is 10.1. The van der Waals surface area contributed by atoms with E-state index < -0.39 is 0 Å². The van der Waals surface area contributed by atoms with Crippen LogP contribution >= 0.6 is 27.5 Å². The van der Waals surface area contributed by atoms with Crippen LogP contribution in [0.15, 0.2) is 52.3 Å². The van der Waals surface area contributed by atoms with Gasteiger partial charge in [0.1, 0.15) is 17.4 Å². The van der Waals surface area contributed by atoms with Gasteiger partial charge in [-0.3, -0.25) is 4.79 Å². The lowest BCUT2D eigenvalue weighted by Gasteiger charge is -2.14. The third-order valence-electron chi connectivity index (χ3n) is 3.03. The van der Waals surface area contributed by atoms with Crippen LogP contribution in [0.1, 0.15) is 6.92 Å². The second-order valence-corrected chi connectivity index (χ2v) is 5.62. The summed E-state index contributed by atoms with van der Waals surface area (Å²) in [7, 11) is 0. The molecule has 21 heavy (non-hydrogen) atoms. The fourth-order valence-electron chi connectivity index (χ4n) is 2.05. The van der Waals surface area contributed by atoms with Crippen LogP contribution in [0.3, 0.4) is 0 Å². The zero-order chi connectivity index (χ0) is 15.4. The van der Waals surface area contributed by atoms with Crippen molar-refractivity contribution in [3.8, 4) is 17.0 Å². The SMILES string of the molecule is C=CCOc1ccc(-c2ccc(Cl)c(=O)n2CC)c(Br)c1. The fraction of sp³-hybridized carbons (Fsp3) is 0.188. The monoisotopic (exact) mass is 367 g/mol. The normalized spacial score (nSPS) is 10.4. The summed E-state index contributed by atoms with van der Waals surface area (Å²) < 4.78 is 7.99. The molecule has 1 aromatic heterocycles. The van der Waals surface area contributed by atoms with E-state index in [4.69, 9.17) is 16.3 Å². The summed E-state index contributed by atoms with van der Waals surface area (Å²) in [6.07, 6.45) is 1.69. The van der Waals surface area contributed by atoms with Gasteiger partial charge < -0.3 is 9.30 Å². The van der Waals surface area contributed by atoms with E-state index >= 15 is 0 Å². The minimum Gasteiger partial charge on any atom is -0.490 e. The van der Waals surface area contributed by atoms with Crippen LogP contribution < -0.4 is 10.3 Å². The highest BCUT2D eigenvalue weighted by molar-refractivity contribution is 9.10. The molecule has 2 rings (SSSR count). The molecule has 0 spiro atoms. The molecule has 0 fully saturated rings. The maximum Gasteiger partial charge on any atom is 0.269 e. The Labute approximate surface area is 136 Å². The first-order valence-corrected chi connectivity index (χ1v) is 7.68. The van der Waals surface area contributed by atoms with Crippen molar-refractivity contribution in [1.29, 1.82) is 0 Å². The summed E-state index contributed by atoms with van der Waals surface area (Å²) in [5.74, 6) is 0.741. The average Bonchev–Trinajstić information content (AvgIpc) is 2.48. The van der Waals surface area contributed by atoms with Crippen molar-refractivity contribution in [3.05, 3.63) is 62.8 Å². The molecule has 1 aromatic carbocycles. The lowest BCUT2D eigenvalue weighted by molar-refractivity contribution is 0.363. The number of nitrogens with zero attached hydrogens (tertiary/aromatic N) is 1. The van der Waals surface area contributed by atoms with E-state index in [9.17, 15) is 4.79 Å². The molecule has 1 heterocycles. The zero-order valence-electron chi connectivity index (χ0n) is 11.6. The van der Waals surface area contributed by atoms with Crippen LogP contribution in [0.5, 0.6) is 5.75 Å². The molecule has 0 bridgehead atoms. The average molecular weight is 369 g/mol. The first-order valence-electron chi connectivity index (χ1n) is 6.51. The Morgan fingerprint density at radius 2 is 2.14 bits per heavy atom. The van der Waals surface area contributed by atoms with Gasteiger partial charge in [-0.2, -0.15) is 0 Å². The Bertz CT molecular complexity index is 725. The van der Waals surface area contributed by atoms with Crippen molar-refractivity contribution in [1.82, 2.24) is 4.57 Å². The largest absolute Gasteiger partial charge is 0.490 e. The van der Waals surface area contributed by atoms with Gasteiger partial charge in [-0.1, -0.05) is 24.3 Å². The van der Waals surface area contributed by atoms with E-state index in [1.54, 1.807) is 16.7 Å². The van der Waals surface area contributed by atoms with Crippen molar-refractivity contribution in [3.63, 3.8) is 0 Å². The molecule has 0 unspecified atom stereocenters. The molecule has 3 nitrogen and oxygen atoms in total. The van der Waals surface area contributed by atoms with Crippen molar-refractivity contribution in [2.75, 3.05) is 6.61 Å². The van der Waals surface area contributed by atoms with Gasteiger partial charge in [0.25, 0.3) is 5.56 Å². The van der Waals surface area contributed by atoms with Crippen LogP contribution in [0.25, 0.3) is 11.3 Å². The van der Waals surface area contributed by atoms with Crippen LogP contribution in [0, 0.1) is 0 Å². The highest BCUT2D eigenvalue weighted by atomic mass is 79.9. The molecule has 0 N–H and O–H groups in total. The van der Waals surface area contributed by atoms with Gasteiger partial charge >= 0.3 is 0 Å². The predicted molar refractivity (Wildman–Crippen MR) is 90.2 cm³/mol. The molecule has 110 valence electrons. The number of rotatable bonds is 5.